The third kappa shape index (κ3) is 10.7. The first-order valence-electron chi connectivity index (χ1n) is 9.92. The monoisotopic (exact) mass is 392 g/mol. The van der Waals surface area contributed by atoms with Gasteiger partial charge in [0.05, 0.1) is 6.04 Å². The molecule has 1 aromatic carbocycles. The van der Waals surface area contributed by atoms with Crippen LogP contribution < -0.4 is 11.1 Å². The largest absolute Gasteiger partial charge is 0.444 e. The Bertz CT molecular complexity index is 651. The van der Waals surface area contributed by atoms with E-state index in [2.05, 4.69) is 15.5 Å². The topological polar surface area (TPSA) is 103 Å². The zero-order chi connectivity index (χ0) is 21.6. The number of nitrogens with zero attached hydrogens (tertiary/aromatic N) is 2. The van der Waals surface area contributed by atoms with Crippen LogP contribution in [-0.4, -0.2) is 28.4 Å². The summed E-state index contributed by atoms with van der Waals surface area (Å²) in [7, 11) is 0. The first kappa shape index (κ1) is 25.6. The van der Waals surface area contributed by atoms with Crippen LogP contribution in [0.3, 0.4) is 0 Å². The van der Waals surface area contributed by atoms with Crippen molar-refractivity contribution < 1.29 is 14.1 Å². The number of nitrogens with one attached hydrogen (secondary N) is 1. The third-order valence-corrected chi connectivity index (χ3v) is 3.13. The fraction of sp³-hybridized carbons (Fsp3) is 0.571. The highest BCUT2D eigenvalue weighted by molar-refractivity contribution is 5.67. The molecule has 0 saturated carbocycles. The number of hydrogen-bond acceptors (Lipinski definition) is 6. The predicted octanol–water partition coefficient (Wildman–Crippen LogP) is 4.63. The van der Waals surface area contributed by atoms with Crippen molar-refractivity contribution in [2.75, 3.05) is 6.54 Å². The Hall–Kier alpha value is -2.41. The van der Waals surface area contributed by atoms with Crippen molar-refractivity contribution in [3.8, 4) is 0 Å². The summed E-state index contributed by atoms with van der Waals surface area (Å²) in [6, 6.07) is 9.45. The van der Waals surface area contributed by atoms with Gasteiger partial charge in [-0.15, -0.1) is 0 Å². The number of amides is 1. The van der Waals surface area contributed by atoms with E-state index in [4.69, 9.17) is 15.0 Å². The minimum absolute atomic E-state index is 0.368. The van der Waals surface area contributed by atoms with E-state index in [-0.39, 0.29) is 0 Å². The Morgan fingerprint density at radius 1 is 1.18 bits per heavy atom. The van der Waals surface area contributed by atoms with Gasteiger partial charge in [0, 0.05) is 13.0 Å². The zero-order valence-corrected chi connectivity index (χ0v) is 18.3. The molecule has 2 rings (SSSR count). The highest BCUT2D eigenvalue weighted by atomic mass is 16.6. The molecule has 0 bridgehead atoms. The second-order valence-corrected chi connectivity index (χ2v) is 6.54. The van der Waals surface area contributed by atoms with Crippen LogP contribution in [0, 0.1) is 0 Å². The van der Waals surface area contributed by atoms with E-state index < -0.39 is 17.7 Å². The lowest BCUT2D eigenvalue weighted by Gasteiger charge is -2.19. The summed E-state index contributed by atoms with van der Waals surface area (Å²) in [6.07, 6.45) is 0.601. The maximum Gasteiger partial charge on any atom is 0.407 e. The molecule has 2 aromatic rings. The summed E-state index contributed by atoms with van der Waals surface area (Å²) in [5, 5.41) is 6.60. The van der Waals surface area contributed by atoms with Crippen LogP contribution in [0.15, 0.2) is 34.9 Å². The molecule has 0 aliphatic rings. The Kier molecular flexibility index (Phi) is 12.5. The van der Waals surface area contributed by atoms with Crippen molar-refractivity contribution in [1.82, 2.24) is 15.5 Å². The zero-order valence-electron chi connectivity index (χ0n) is 18.3. The quantitative estimate of drug-likeness (QED) is 0.743. The van der Waals surface area contributed by atoms with E-state index in [1.54, 1.807) is 0 Å². The number of carbonyl (C=O) groups is 1. The number of benzene rings is 1. The number of aromatic nitrogens is 2. The summed E-state index contributed by atoms with van der Waals surface area (Å²) < 4.78 is 10.4. The van der Waals surface area contributed by atoms with Crippen molar-refractivity contribution in [3.63, 3.8) is 0 Å². The SMILES string of the molecule is CC.CC.CC(C)(C)OC(=O)NCCC(N)c1nc(Cc2ccccc2)no1. The summed E-state index contributed by atoms with van der Waals surface area (Å²) in [6.45, 7) is 13.8. The van der Waals surface area contributed by atoms with Crippen LogP contribution in [0.2, 0.25) is 0 Å². The van der Waals surface area contributed by atoms with Crippen LogP contribution in [0.5, 0.6) is 0 Å². The first-order chi connectivity index (χ1) is 13.3. The van der Waals surface area contributed by atoms with Gasteiger partial charge in [-0.1, -0.05) is 63.2 Å². The first-order valence-corrected chi connectivity index (χ1v) is 9.92. The fourth-order valence-corrected chi connectivity index (χ4v) is 2.04. The van der Waals surface area contributed by atoms with Crippen LogP contribution >= 0.6 is 0 Å². The molecule has 0 saturated heterocycles. The van der Waals surface area contributed by atoms with E-state index in [0.29, 0.717) is 31.1 Å². The maximum atomic E-state index is 11.6. The second kappa shape index (κ2) is 13.7. The van der Waals surface area contributed by atoms with Crippen molar-refractivity contribution in [1.29, 1.82) is 0 Å². The molecule has 1 heterocycles. The summed E-state index contributed by atoms with van der Waals surface area (Å²) in [5.74, 6) is 0.957. The molecule has 1 aromatic heterocycles. The van der Waals surface area contributed by atoms with Gasteiger partial charge in [0.15, 0.2) is 5.82 Å². The van der Waals surface area contributed by atoms with E-state index in [1.807, 2.05) is 78.8 Å². The Morgan fingerprint density at radius 2 is 1.79 bits per heavy atom. The number of hydrogen-bond donors (Lipinski definition) is 2. The van der Waals surface area contributed by atoms with E-state index in [0.717, 1.165) is 5.56 Å². The van der Waals surface area contributed by atoms with Gasteiger partial charge in [-0.3, -0.25) is 0 Å². The van der Waals surface area contributed by atoms with Gasteiger partial charge in [-0.05, 0) is 32.8 Å². The maximum absolute atomic E-state index is 11.6. The molecule has 158 valence electrons. The lowest BCUT2D eigenvalue weighted by atomic mass is 10.1. The highest BCUT2D eigenvalue weighted by Crippen LogP contribution is 2.13. The lowest BCUT2D eigenvalue weighted by molar-refractivity contribution is 0.0526. The van der Waals surface area contributed by atoms with Gasteiger partial charge >= 0.3 is 6.09 Å². The molecule has 1 amide bonds. The average molecular weight is 393 g/mol. The van der Waals surface area contributed by atoms with Gasteiger partial charge in [0.1, 0.15) is 5.60 Å². The van der Waals surface area contributed by atoms with Crippen LogP contribution in [0.1, 0.15) is 78.2 Å². The minimum Gasteiger partial charge on any atom is -0.444 e. The Morgan fingerprint density at radius 3 is 2.36 bits per heavy atom. The predicted molar refractivity (Wildman–Crippen MR) is 112 cm³/mol. The van der Waals surface area contributed by atoms with Gasteiger partial charge in [0.2, 0.25) is 5.89 Å². The highest BCUT2D eigenvalue weighted by Gasteiger charge is 2.18. The smallest absolute Gasteiger partial charge is 0.407 e. The molecule has 0 spiro atoms. The molecule has 7 nitrogen and oxygen atoms in total. The van der Waals surface area contributed by atoms with Crippen LogP contribution in [0.25, 0.3) is 0 Å². The third-order valence-electron chi connectivity index (χ3n) is 3.13. The molecule has 0 aliphatic carbocycles. The minimum atomic E-state index is -0.523. The molecule has 1 unspecified atom stereocenters. The van der Waals surface area contributed by atoms with Crippen molar-refractivity contribution in [2.24, 2.45) is 5.73 Å². The van der Waals surface area contributed by atoms with Gasteiger partial charge < -0.3 is 20.3 Å². The molecule has 3 N–H and O–H groups in total. The van der Waals surface area contributed by atoms with Crippen LogP contribution in [0.4, 0.5) is 4.79 Å². The second-order valence-electron chi connectivity index (χ2n) is 6.54. The lowest BCUT2D eigenvalue weighted by Crippen LogP contribution is -2.34. The normalized spacial score (nSPS) is 11.3. The number of nitrogens with two attached hydrogens (primary N) is 1. The van der Waals surface area contributed by atoms with Gasteiger partial charge in [0.25, 0.3) is 0 Å². The van der Waals surface area contributed by atoms with Crippen molar-refractivity contribution in [3.05, 3.63) is 47.6 Å². The molecule has 0 fully saturated rings. The Labute approximate surface area is 169 Å². The molecule has 0 radical (unpaired) electrons. The van der Waals surface area contributed by atoms with Gasteiger partial charge in [-0.2, -0.15) is 4.98 Å². The standard InChI is InChI=1S/C17H24N4O3.2C2H6/c1-17(2,3)23-16(22)19-10-9-13(18)15-20-14(21-24-15)11-12-7-5-4-6-8-12;2*1-2/h4-8,13H,9-11,18H2,1-3H3,(H,19,22);2*1-2H3. The summed E-state index contributed by atoms with van der Waals surface area (Å²) >= 11 is 0. The van der Waals surface area contributed by atoms with E-state index in [1.165, 1.54) is 0 Å². The van der Waals surface area contributed by atoms with Crippen molar-refractivity contribution >= 4 is 6.09 Å². The van der Waals surface area contributed by atoms with E-state index in [9.17, 15) is 4.79 Å². The molecule has 0 aliphatic heterocycles. The van der Waals surface area contributed by atoms with Crippen LogP contribution in [-0.2, 0) is 11.2 Å². The number of rotatable bonds is 6. The Balaban J connectivity index is 0.00000171. The number of carbonyl (C=O) groups excluding carboxylic acids is 1. The number of ether oxygens (including phenoxy) is 1. The summed E-state index contributed by atoms with van der Waals surface area (Å²) in [4.78, 5) is 15.9. The van der Waals surface area contributed by atoms with E-state index >= 15 is 0 Å². The molecular weight excluding hydrogens is 356 g/mol. The molecule has 28 heavy (non-hydrogen) atoms. The average Bonchev–Trinajstić information content (AvgIpc) is 3.13. The summed E-state index contributed by atoms with van der Waals surface area (Å²) in [5.41, 5.74) is 6.61. The fourth-order valence-electron chi connectivity index (χ4n) is 2.04. The molecule has 7 heteroatoms. The number of alkyl carbamates (subject to hydrolysis) is 1. The van der Waals surface area contributed by atoms with Crippen molar-refractivity contribution in [2.45, 2.75) is 73.0 Å². The van der Waals surface area contributed by atoms with Gasteiger partial charge in [-0.25, -0.2) is 4.79 Å². The molecular formula is C21H36N4O3. The molecule has 1 atom stereocenters.